The highest BCUT2D eigenvalue weighted by atomic mass is 16.1. The predicted octanol–water partition coefficient (Wildman–Crippen LogP) is 2.16. The van der Waals surface area contributed by atoms with Gasteiger partial charge in [0.1, 0.15) is 5.78 Å². The van der Waals surface area contributed by atoms with Crippen LogP contribution in [-0.4, -0.2) is 5.78 Å². The lowest BCUT2D eigenvalue weighted by Gasteiger charge is -2.19. The first-order valence-corrected chi connectivity index (χ1v) is 4.38. The van der Waals surface area contributed by atoms with E-state index in [0.29, 0.717) is 5.78 Å². The second kappa shape index (κ2) is 2.37. The number of carbonyl (C=O) groups excluding carboxylic acids is 1. The molecule has 0 N–H and O–H groups in total. The van der Waals surface area contributed by atoms with Crippen molar-refractivity contribution in [1.29, 1.82) is 0 Å². The van der Waals surface area contributed by atoms with Gasteiger partial charge in [0, 0.05) is 12.8 Å². The Morgan fingerprint density at radius 1 is 1.10 bits per heavy atom. The molecule has 0 amide bonds. The Balaban J connectivity index is 1.89. The number of hydrogen-bond donors (Lipinski definition) is 0. The smallest absolute Gasteiger partial charge is 0.133 e. The highest BCUT2D eigenvalue weighted by Crippen LogP contribution is 2.42. The molecule has 2 saturated carbocycles. The van der Waals surface area contributed by atoms with E-state index in [9.17, 15) is 4.79 Å². The maximum atomic E-state index is 11.0. The van der Waals surface area contributed by atoms with Crippen LogP contribution < -0.4 is 0 Å². The molecule has 1 heteroatoms. The van der Waals surface area contributed by atoms with Crippen molar-refractivity contribution < 1.29 is 4.79 Å². The Morgan fingerprint density at radius 2 is 1.90 bits per heavy atom. The summed E-state index contributed by atoms with van der Waals surface area (Å²) < 4.78 is 0. The number of carbonyl (C=O) groups is 1. The molecule has 1 unspecified atom stereocenters. The Bertz CT molecular complexity index is 147. The minimum absolute atomic E-state index is 0.517. The topological polar surface area (TPSA) is 17.1 Å². The van der Waals surface area contributed by atoms with Gasteiger partial charge >= 0.3 is 0 Å². The van der Waals surface area contributed by atoms with Crippen molar-refractivity contribution in [3.63, 3.8) is 0 Å². The van der Waals surface area contributed by atoms with Gasteiger partial charge in [0.2, 0.25) is 0 Å². The maximum absolute atomic E-state index is 11.0. The molecule has 1 atom stereocenters. The molecule has 0 bridgehead atoms. The van der Waals surface area contributed by atoms with Gasteiger partial charge in [-0.05, 0) is 37.5 Å². The Labute approximate surface area is 61.8 Å². The Morgan fingerprint density at radius 3 is 2.50 bits per heavy atom. The SMILES string of the molecule is O=C1CCCC(C2CC2)C1. The summed E-state index contributed by atoms with van der Waals surface area (Å²) in [4.78, 5) is 11.0. The molecule has 2 fully saturated rings. The van der Waals surface area contributed by atoms with Gasteiger partial charge in [-0.2, -0.15) is 0 Å². The van der Waals surface area contributed by atoms with Crippen molar-refractivity contribution in [2.24, 2.45) is 11.8 Å². The zero-order valence-electron chi connectivity index (χ0n) is 6.31. The molecule has 2 rings (SSSR count). The Kier molecular flexibility index (Phi) is 1.51. The van der Waals surface area contributed by atoms with Gasteiger partial charge < -0.3 is 0 Å². The van der Waals surface area contributed by atoms with Crippen LogP contribution in [0.25, 0.3) is 0 Å². The van der Waals surface area contributed by atoms with E-state index in [1.165, 1.54) is 25.7 Å². The first-order chi connectivity index (χ1) is 4.86. The van der Waals surface area contributed by atoms with E-state index >= 15 is 0 Å². The molecule has 0 radical (unpaired) electrons. The van der Waals surface area contributed by atoms with E-state index < -0.39 is 0 Å². The van der Waals surface area contributed by atoms with Crippen molar-refractivity contribution in [3.8, 4) is 0 Å². The summed E-state index contributed by atoms with van der Waals surface area (Å²) in [5.41, 5.74) is 0. The molecule has 0 heterocycles. The lowest BCUT2D eigenvalue weighted by molar-refractivity contribution is -0.121. The second-order valence-corrected chi connectivity index (χ2v) is 3.73. The van der Waals surface area contributed by atoms with E-state index in [4.69, 9.17) is 0 Å². The zero-order valence-corrected chi connectivity index (χ0v) is 6.31. The lowest BCUT2D eigenvalue weighted by atomic mass is 9.85. The Hall–Kier alpha value is -0.330. The summed E-state index contributed by atoms with van der Waals surface area (Å²) in [7, 11) is 0. The van der Waals surface area contributed by atoms with E-state index in [1.54, 1.807) is 0 Å². The molecular formula is C9H14O. The molecule has 0 aromatic rings. The first kappa shape index (κ1) is 6.38. The van der Waals surface area contributed by atoms with Crippen LogP contribution >= 0.6 is 0 Å². The molecule has 0 aromatic carbocycles. The molecule has 2 aliphatic rings. The van der Waals surface area contributed by atoms with E-state index in [1.807, 2.05) is 0 Å². The summed E-state index contributed by atoms with van der Waals surface area (Å²) in [6.45, 7) is 0. The van der Waals surface area contributed by atoms with Crippen LogP contribution in [0.1, 0.15) is 38.5 Å². The van der Waals surface area contributed by atoms with Crippen LogP contribution in [0, 0.1) is 11.8 Å². The third kappa shape index (κ3) is 1.23. The third-order valence-corrected chi connectivity index (χ3v) is 2.81. The van der Waals surface area contributed by atoms with E-state index in [0.717, 1.165) is 24.7 Å². The van der Waals surface area contributed by atoms with Gasteiger partial charge in [0.15, 0.2) is 0 Å². The van der Waals surface area contributed by atoms with Gasteiger partial charge in [0.05, 0.1) is 0 Å². The highest BCUT2D eigenvalue weighted by Gasteiger charge is 2.33. The first-order valence-electron chi connectivity index (χ1n) is 4.38. The monoisotopic (exact) mass is 138 g/mol. The lowest BCUT2D eigenvalue weighted by Crippen LogP contribution is -2.16. The number of rotatable bonds is 1. The van der Waals surface area contributed by atoms with Crippen molar-refractivity contribution in [2.75, 3.05) is 0 Å². The average molecular weight is 138 g/mol. The number of Topliss-reactive ketones (excluding diaryl/α,β-unsaturated/α-hetero) is 1. The van der Waals surface area contributed by atoms with Gasteiger partial charge in [0.25, 0.3) is 0 Å². The molecule has 56 valence electrons. The van der Waals surface area contributed by atoms with Crippen LogP contribution in [0.4, 0.5) is 0 Å². The van der Waals surface area contributed by atoms with Crippen LogP contribution in [0.5, 0.6) is 0 Å². The van der Waals surface area contributed by atoms with Gasteiger partial charge in [-0.3, -0.25) is 4.79 Å². The molecule has 0 saturated heterocycles. The maximum Gasteiger partial charge on any atom is 0.133 e. The summed E-state index contributed by atoms with van der Waals surface area (Å²) >= 11 is 0. The quantitative estimate of drug-likeness (QED) is 0.542. The fourth-order valence-corrected chi connectivity index (χ4v) is 2.03. The van der Waals surface area contributed by atoms with Crippen molar-refractivity contribution >= 4 is 5.78 Å². The van der Waals surface area contributed by atoms with Gasteiger partial charge in [-0.15, -0.1) is 0 Å². The van der Waals surface area contributed by atoms with Gasteiger partial charge in [-0.1, -0.05) is 0 Å². The molecule has 10 heavy (non-hydrogen) atoms. The fraction of sp³-hybridized carbons (Fsp3) is 0.889. The molecule has 0 aromatic heterocycles. The highest BCUT2D eigenvalue weighted by molar-refractivity contribution is 5.79. The molecule has 1 nitrogen and oxygen atoms in total. The normalized spacial score (nSPS) is 34.4. The fourth-order valence-electron chi connectivity index (χ4n) is 2.03. The van der Waals surface area contributed by atoms with Crippen LogP contribution in [-0.2, 0) is 4.79 Å². The summed E-state index contributed by atoms with van der Waals surface area (Å²) in [6.07, 6.45) is 7.07. The molecule has 2 aliphatic carbocycles. The molecule has 0 spiro atoms. The summed E-state index contributed by atoms with van der Waals surface area (Å²) in [5.74, 6) is 2.26. The minimum Gasteiger partial charge on any atom is -0.300 e. The number of ketones is 1. The van der Waals surface area contributed by atoms with Crippen LogP contribution in [0.3, 0.4) is 0 Å². The summed E-state index contributed by atoms with van der Waals surface area (Å²) in [6, 6.07) is 0. The standard InChI is InChI=1S/C9H14O/c10-9-3-1-2-8(6-9)7-4-5-7/h7-8H,1-6H2. The third-order valence-electron chi connectivity index (χ3n) is 2.81. The van der Waals surface area contributed by atoms with E-state index in [-0.39, 0.29) is 0 Å². The van der Waals surface area contributed by atoms with Crippen molar-refractivity contribution in [2.45, 2.75) is 38.5 Å². The largest absolute Gasteiger partial charge is 0.300 e. The van der Waals surface area contributed by atoms with Crippen molar-refractivity contribution in [1.82, 2.24) is 0 Å². The molecule has 0 aliphatic heterocycles. The van der Waals surface area contributed by atoms with Crippen molar-refractivity contribution in [3.05, 3.63) is 0 Å². The second-order valence-electron chi connectivity index (χ2n) is 3.73. The predicted molar refractivity (Wildman–Crippen MR) is 39.7 cm³/mol. The minimum atomic E-state index is 0.517. The summed E-state index contributed by atoms with van der Waals surface area (Å²) in [5, 5.41) is 0. The average Bonchev–Trinajstić information content (AvgIpc) is 2.68. The molecular weight excluding hydrogens is 124 g/mol. The van der Waals surface area contributed by atoms with Crippen LogP contribution in [0.15, 0.2) is 0 Å². The van der Waals surface area contributed by atoms with Gasteiger partial charge in [-0.25, -0.2) is 0 Å². The zero-order chi connectivity index (χ0) is 6.97. The van der Waals surface area contributed by atoms with E-state index in [2.05, 4.69) is 0 Å². The van der Waals surface area contributed by atoms with Crippen LogP contribution in [0.2, 0.25) is 0 Å². The number of hydrogen-bond acceptors (Lipinski definition) is 1.